The average molecular weight is 497 g/mol. The molecule has 0 unspecified atom stereocenters. The van der Waals surface area contributed by atoms with Gasteiger partial charge >= 0.3 is 0 Å². The minimum atomic E-state index is -3.53. The smallest absolute Gasteiger partial charge is 0.252 e. The number of sulfonamides is 1. The fraction of sp³-hybridized carbons (Fsp3) is 0.296. The highest BCUT2D eigenvalue weighted by Gasteiger charge is 2.27. The van der Waals surface area contributed by atoms with E-state index in [1.54, 1.807) is 13.8 Å². The van der Waals surface area contributed by atoms with Crippen molar-refractivity contribution in [1.82, 2.24) is 10.0 Å². The third kappa shape index (κ3) is 6.99. The average Bonchev–Trinajstić information content (AvgIpc) is 2.79. The van der Waals surface area contributed by atoms with Crippen molar-refractivity contribution < 1.29 is 13.2 Å². The van der Waals surface area contributed by atoms with Gasteiger partial charge in [-0.25, -0.2) is 13.1 Å². The van der Waals surface area contributed by atoms with E-state index in [2.05, 4.69) is 34.3 Å². The zero-order valence-corrected chi connectivity index (χ0v) is 21.8. The first-order valence-electron chi connectivity index (χ1n) is 11.5. The van der Waals surface area contributed by atoms with Gasteiger partial charge in [0.25, 0.3) is 5.91 Å². The summed E-state index contributed by atoms with van der Waals surface area (Å²) >= 11 is 0. The Morgan fingerprint density at radius 2 is 1.29 bits per heavy atom. The Hall–Kier alpha value is -2.53. The Morgan fingerprint density at radius 3 is 1.79 bits per heavy atom. The summed E-state index contributed by atoms with van der Waals surface area (Å²) in [5.74, 6) is -0.471. The van der Waals surface area contributed by atoms with E-state index in [0.717, 1.165) is 15.9 Å². The second-order valence-corrected chi connectivity index (χ2v) is 12.9. The van der Waals surface area contributed by atoms with E-state index in [-0.39, 0.29) is 23.6 Å². The molecule has 0 saturated heterocycles. The molecular weight excluding hydrogens is 463 g/mol. The monoisotopic (exact) mass is 496 g/mol. The van der Waals surface area contributed by atoms with Gasteiger partial charge in [-0.05, 0) is 49.7 Å². The first-order chi connectivity index (χ1) is 16.2. The van der Waals surface area contributed by atoms with Gasteiger partial charge in [0, 0.05) is 17.6 Å². The van der Waals surface area contributed by atoms with Gasteiger partial charge in [0.1, 0.15) is 0 Å². The summed E-state index contributed by atoms with van der Waals surface area (Å²) in [6.07, 6.45) is 0. The van der Waals surface area contributed by atoms with Crippen LogP contribution >= 0.6 is 7.92 Å². The van der Waals surface area contributed by atoms with Crippen LogP contribution in [0.4, 0.5) is 0 Å². The molecule has 34 heavy (non-hydrogen) atoms. The molecule has 0 bridgehead atoms. The van der Waals surface area contributed by atoms with Crippen molar-refractivity contribution in [1.29, 1.82) is 0 Å². The number of amides is 1. The highest BCUT2D eigenvalue weighted by Crippen LogP contribution is 2.34. The van der Waals surface area contributed by atoms with E-state index in [4.69, 9.17) is 0 Å². The maximum Gasteiger partial charge on any atom is 0.252 e. The molecule has 0 fully saturated rings. The maximum atomic E-state index is 13.5. The predicted octanol–water partition coefficient (Wildman–Crippen LogP) is 3.53. The highest BCUT2D eigenvalue weighted by atomic mass is 32.2. The molecule has 2 N–H and O–H groups in total. The lowest BCUT2D eigenvalue weighted by Gasteiger charge is -2.25. The van der Waals surface area contributed by atoms with E-state index in [1.807, 2.05) is 74.5 Å². The lowest BCUT2D eigenvalue weighted by atomic mass is 10.1. The van der Waals surface area contributed by atoms with Crippen LogP contribution in [0.25, 0.3) is 0 Å². The fourth-order valence-corrected chi connectivity index (χ4v) is 7.94. The number of rotatable bonds is 10. The number of carbonyl (C=O) groups is 1. The minimum Gasteiger partial charge on any atom is -0.348 e. The van der Waals surface area contributed by atoms with Gasteiger partial charge in [-0.1, -0.05) is 92.7 Å². The summed E-state index contributed by atoms with van der Waals surface area (Å²) in [4.78, 5) is 13.5. The molecular formula is C27H33N2O3PS. The number of hydrogen-bond donors (Lipinski definition) is 2. The van der Waals surface area contributed by atoms with Crippen molar-refractivity contribution in [3.05, 3.63) is 90.5 Å². The molecule has 1 amide bonds. The van der Waals surface area contributed by atoms with Crippen LogP contribution in [0.2, 0.25) is 0 Å². The van der Waals surface area contributed by atoms with Crippen LogP contribution in [0.5, 0.6) is 0 Å². The molecule has 3 aromatic carbocycles. The summed E-state index contributed by atoms with van der Waals surface area (Å²) < 4.78 is 27.7. The second-order valence-electron chi connectivity index (χ2n) is 8.90. The Balaban J connectivity index is 1.97. The summed E-state index contributed by atoms with van der Waals surface area (Å²) in [7, 11) is -4.50. The Morgan fingerprint density at radius 1 is 0.794 bits per heavy atom. The van der Waals surface area contributed by atoms with Crippen LogP contribution in [0.3, 0.4) is 0 Å². The lowest BCUT2D eigenvalue weighted by Crippen LogP contribution is -2.47. The first-order valence-corrected chi connectivity index (χ1v) is 14.5. The zero-order valence-electron chi connectivity index (χ0n) is 20.1. The number of benzene rings is 3. The SMILES string of the molecule is CC(C)NS(=O)(=O)C[C@@H](NC(=O)c1ccccc1P(c1ccccc1)c1ccccc1)C(C)C. The molecule has 0 aliphatic carbocycles. The van der Waals surface area contributed by atoms with Gasteiger partial charge in [0.15, 0.2) is 0 Å². The molecule has 0 aliphatic heterocycles. The quantitative estimate of drug-likeness (QED) is 0.422. The molecule has 7 heteroatoms. The molecule has 0 spiro atoms. The van der Waals surface area contributed by atoms with Crippen LogP contribution in [-0.4, -0.2) is 32.2 Å². The maximum absolute atomic E-state index is 13.5. The van der Waals surface area contributed by atoms with Gasteiger partial charge in [0.2, 0.25) is 10.0 Å². The number of carbonyl (C=O) groups excluding carboxylic acids is 1. The summed E-state index contributed by atoms with van der Waals surface area (Å²) in [5, 5.41) is 6.25. The molecule has 0 aliphatic rings. The molecule has 1 atom stereocenters. The number of hydrogen-bond acceptors (Lipinski definition) is 3. The molecule has 5 nitrogen and oxygen atoms in total. The van der Waals surface area contributed by atoms with E-state index in [0.29, 0.717) is 5.56 Å². The van der Waals surface area contributed by atoms with Crippen LogP contribution in [0.1, 0.15) is 38.1 Å². The number of nitrogens with one attached hydrogen (secondary N) is 2. The zero-order chi connectivity index (χ0) is 24.7. The molecule has 0 aromatic heterocycles. The first kappa shape index (κ1) is 26.1. The molecule has 0 heterocycles. The van der Waals surface area contributed by atoms with Crippen molar-refractivity contribution in [3.63, 3.8) is 0 Å². The van der Waals surface area contributed by atoms with Crippen LogP contribution in [0.15, 0.2) is 84.9 Å². The third-order valence-corrected chi connectivity index (χ3v) is 9.48. The third-order valence-electron chi connectivity index (χ3n) is 5.35. The van der Waals surface area contributed by atoms with Crippen molar-refractivity contribution in [3.8, 4) is 0 Å². The van der Waals surface area contributed by atoms with Crippen molar-refractivity contribution >= 4 is 39.8 Å². The molecule has 180 valence electrons. The normalized spacial score (nSPS) is 12.8. The van der Waals surface area contributed by atoms with Gasteiger partial charge in [0.05, 0.1) is 5.75 Å². The molecule has 0 radical (unpaired) electrons. The second kappa shape index (κ2) is 11.7. The minimum absolute atomic E-state index is 0.0513. The van der Waals surface area contributed by atoms with E-state index in [9.17, 15) is 13.2 Å². The van der Waals surface area contributed by atoms with Crippen molar-refractivity contribution in [2.24, 2.45) is 5.92 Å². The summed E-state index contributed by atoms with van der Waals surface area (Å²) in [6.45, 7) is 7.41. The highest BCUT2D eigenvalue weighted by molar-refractivity contribution is 7.89. The van der Waals surface area contributed by atoms with Crippen molar-refractivity contribution in [2.45, 2.75) is 39.8 Å². The molecule has 0 saturated carbocycles. The summed E-state index contributed by atoms with van der Waals surface area (Å²) in [6, 6.07) is 27.3. The van der Waals surface area contributed by atoms with Gasteiger partial charge < -0.3 is 5.32 Å². The van der Waals surface area contributed by atoms with Crippen LogP contribution < -0.4 is 26.0 Å². The predicted molar refractivity (Wildman–Crippen MR) is 143 cm³/mol. The standard InChI is InChI=1S/C27H33N2O3PS/c1-20(2)25(19-34(31,32)29-21(3)4)28-27(30)24-17-11-12-18-26(24)33(22-13-7-5-8-14-22)23-15-9-6-10-16-23/h5-18,20-21,25,29H,19H2,1-4H3,(H,28,30)/t25-/m1/s1. The molecule has 3 aromatic rings. The lowest BCUT2D eigenvalue weighted by molar-refractivity contribution is 0.0932. The van der Waals surface area contributed by atoms with Crippen LogP contribution in [-0.2, 0) is 10.0 Å². The van der Waals surface area contributed by atoms with Gasteiger partial charge in [-0.15, -0.1) is 0 Å². The van der Waals surface area contributed by atoms with Gasteiger partial charge in [-0.3, -0.25) is 4.79 Å². The van der Waals surface area contributed by atoms with Crippen LogP contribution in [0, 0.1) is 5.92 Å². The Labute approximate surface area is 204 Å². The molecule has 3 rings (SSSR count). The van der Waals surface area contributed by atoms with E-state index < -0.39 is 24.0 Å². The Bertz CT molecular complexity index is 1140. The van der Waals surface area contributed by atoms with Gasteiger partial charge in [-0.2, -0.15) is 0 Å². The fourth-order valence-electron chi connectivity index (χ4n) is 3.73. The van der Waals surface area contributed by atoms with Crippen molar-refractivity contribution in [2.75, 3.05) is 5.75 Å². The topological polar surface area (TPSA) is 75.3 Å². The summed E-state index contributed by atoms with van der Waals surface area (Å²) in [5.41, 5.74) is 0.571. The Kier molecular flexibility index (Phi) is 9.01. The van der Waals surface area contributed by atoms with E-state index >= 15 is 0 Å². The largest absolute Gasteiger partial charge is 0.348 e. The van der Waals surface area contributed by atoms with E-state index in [1.165, 1.54) is 0 Å².